The van der Waals surface area contributed by atoms with Crippen LogP contribution in [0.4, 0.5) is 10.5 Å². The van der Waals surface area contributed by atoms with Crippen LogP contribution in [0.25, 0.3) is 0 Å². The van der Waals surface area contributed by atoms with Crippen LogP contribution in [0, 0.1) is 5.41 Å². The molecule has 1 N–H and O–H groups in total. The van der Waals surface area contributed by atoms with Gasteiger partial charge in [-0.15, -0.1) is 11.8 Å². The Labute approximate surface area is 127 Å². The van der Waals surface area contributed by atoms with Crippen LogP contribution in [-0.2, 0) is 9.59 Å². The Morgan fingerprint density at radius 3 is 2.29 bits per heavy atom. The topological polar surface area (TPSA) is 66.5 Å². The molecule has 1 saturated heterocycles. The van der Waals surface area contributed by atoms with Gasteiger partial charge in [0.15, 0.2) is 0 Å². The number of carbonyl (C=O) groups excluding carboxylic acids is 3. The molecule has 1 heterocycles. The lowest BCUT2D eigenvalue weighted by atomic mass is 9.82. The van der Waals surface area contributed by atoms with E-state index in [-0.39, 0.29) is 5.91 Å². The fourth-order valence-corrected chi connectivity index (χ4v) is 3.47. The van der Waals surface area contributed by atoms with Gasteiger partial charge in [-0.1, -0.05) is 12.8 Å². The SMILES string of the molecule is CSc1ccc(N2C(=O)NC(=O)C3(CCCC3)C2=O)cc1. The van der Waals surface area contributed by atoms with E-state index in [2.05, 4.69) is 5.32 Å². The average Bonchev–Trinajstić information content (AvgIpc) is 2.97. The second-order valence-corrected chi connectivity index (χ2v) is 6.27. The van der Waals surface area contributed by atoms with Gasteiger partial charge in [-0.25, -0.2) is 9.69 Å². The quantitative estimate of drug-likeness (QED) is 0.673. The van der Waals surface area contributed by atoms with Crippen LogP contribution in [-0.4, -0.2) is 24.1 Å². The molecule has 5 nitrogen and oxygen atoms in total. The van der Waals surface area contributed by atoms with Crippen molar-refractivity contribution in [1.29, 1.82) is 0 Å². The van der Waals surface area contributed by atoms with Crippen molar-refractivity contribution >= 4 is 35.3 Å². The number of hydrogen-bond donors (Lipinski definition) is 1. The number of thioether (sulfide) groups is 1. The van der Waals surface area contributed by atoms with Crippen LogP contribution in [0.1, 0.15) is 25.7 Å². The normalized spacial score (nSPS) is 21.0. The Morgan fingerprint density at radius 2 is 1.71 bits per heavy atom. The summed E-state index contributed by atoms with van der Waals surface area (Å²) >= 11 is 1.59. The first-order valence-corrected chi connectivity index (χ1v) is 8.15. The third-order valence-electron chi connectivity index (χ3n) is 4.26. The summed E-state index contributed by atoms with van der Waals surface area (Å²) in [4.78, 5) is 39.1. The molecule has 0 bridgehead atoms. The van der Waals surface area contributed by atoms with E-state index in [1.165, 1.54) is 0 Å². The minimum Gasteiger partial charge on any atom is -0.276 e. The maximum absolute atomic E-state index is 12.8. The van der Waals surface area contributed by atoms with Crippen LogP contribution in [0.5, 0.6) is 0 Å². The molecule has 0 radical (unpaired) electrons. The van der Waals surface area contributed by atoms with Crippen molar-refractivity contribution in [3.8, 4) is 0 Å². The summed E-state index contributed by atoms with van der Waals surface area (Å²) < 4.78 is 0. The van der Waals surface area contributed by atoms with E-state index in [4.69, 9.17) is 0 Å². The van der Waals surface area contributed by atoms with Gasteiger partial charge in [0.2, 0.25) is 5.91 Å². The summed E-state index contributed by atoms with van der Waals surface area (Å²) in [5.74, 6) is -0.822. The van der Waals surface area contributed by atoms with Crippen LogP contribution in [0.15, 0.2) is 29.2 Å². The van der Waals surface area contributed by atoms with E-state index in [0.29, 0.717) is 18.5 Å². The molecule has 0 atom stereocenters. The van der Waals surface area contributed by atoms with Crippen LogP contribution in [0.2, 0.25) is 0 Å². The molecule has 1 saturated carbocycles. The number of benzene rings is 1. The minimum absolute atomic E-state index is 0.384. The second kappa shape index (κ2) is 5.18. The number of barbiturate groups is 1. The Hall–Kier alpha value is -1.82. The summed E-state index contributed by atoms with van der Waals surface area (Å²) in [6.45, 7) is 0. The van der Waals surface area contributed by atoms with Gasteiger partial charge in [-0.2, -0.15) is 0 Å². The van der Waals surface area contributed by atoms with Crippen molar-refractivity contribution in [3.05, 3.63) is 24.3 Å². The number of anilines is 1. The van der Waals surface area contributed by atoms with E-state index >= 15 is 0 Å². The summed E-state index contributed by atoms with van der Waals surface area (Å²) in [5, 5.41) is 2.34. The van der Waals surface area contributed by atoms with Crippen molar-refractivity contribution in [3.63, 3.8) is 0 Å². The molecule has 1 aliphatic carbocycles. The van der Waals surface area contributed by atoms with Gasteiger partial charge in [0, 0.05) is 4.90 Å². The van der Waals surface area contributed by atoms with Gasteiger partial charge >= 0.3 is 6.03 Å². The van der Waals surface area contributed by atoms with E-state index in [1.54, 1.807) is 23.9 Å². The third-order valence-corrected chi connectivity index (χ3v) is 5.00. The molecule has 21 heavy (non-hydrogen) atoms. The Morgan fingerprint density at radius 1 is 1.10 bits per heavy atom. The second-order valence-electron chi connectivity index (χ2n) is 5.39. The Balaban J connectivity index is 1.98. The predicted molar refractivity (Wildman–Crippen MR) is 80.1 cm³/mol. The van der Waals surface area contributed by atoms with Crippen molar-refractivity contribution in [2.75, 3.05) is 11.2 Å². The predicted octanol–water partition coefficient (Wildman–Crippen LogP) is 2.55. The lowest BCUT2D eigenvalue weighted by molar-refractivity contribution is -0.142. The molecule has 3 rings (SSSR count). The molecule has 2 aliphatic rings. The third kappa shape index (κ3) is 2.14. The monoisotopic (exact) mass is 304 g/mol. The number of imide groups is 2. The first-order valence-electron chi connectivity index (χ1n) is 6.92. The van der Waals surface area contributed by atoms with Crippen molar-refractivity contribution in [2.45, 2.75) is 30.6 Å². The maximum atomic E-state index is 12.8. The zero-order valence-corrected chi connectivity index (χ0v) is 12.5. The molecular formula is C15H16N2O3S. The molecule has 110 valence electrons. The van der Waals surface area contributed by atoms with Crippen LogP contribution >= 0.6 is 11.8 Å². The highest BCUT2D eigenvalue weighted by Gasteiger charge is 2.55. The standard InChI is InChI=1S/C15H16N2O3S/c1-21-11-6-4-10(5-7-11)17-13(19)15(8-2-3-9-15)12(18)16-14(17)20/h4-7H,2-3,8-9H2,1H3,(H,16,18,20). The van der Waals surface area contributed by atoms with E-state index < -0.39 is 17.4 Å². The number of nitrogens with one attached hydrogen (secondary N) is 1. The average molecular weight is 304 g/mol. The molecule has 1 aromatic rings. The first kappa shape index (κ1) is 14.1. The number of hydrogen-bond acceptors (Lipinski definition) is 4. The van der Waals surface area contributed by atoms with E-state index in [0.717, 1.165) is 22.6 Å². The molecule has 0 aromatic heterocycles. The Bertz CT molecular complexity index is 606. The minimum atomic E-state index is -1.05. The molecular weight excluding hydrogens is 288 g/mol. The summed E-state index contributed by atoms with van der Waals surface area (Å²) in [7, 11) is 0. The highest BCUT2D eigenvalue weighted by atomic mass is 32.2. The molecule has 1 spiro atoms. The molecule has 1 aromatic carbocycles. The van der Waals surface area contributed by atoms with Crippen molar-refractivity contribution in [2.24, 2.45) is 5.41 Å². The van der Waals surface area contributed by atoms with Gasteiger partial charge in [0.05, 0.1) is 5.69 Å². The summed E-state index contributed by atoms with van der Waals surface area (Å²) in [6, 6.07) is 6.54. The van der Waals surface area contributed by atoms with Crippen molar-refractivity contribution in [1.82, 2.24) is 5.32 Å². The van der Waals surface area contributed by atoms with Gasteiger partial charge < -0.3 is 0 Å². The van der Waals surface area contributed by atoms with Crippen LogP contribution < -0.4 is 10.2 Å². The van der Waals surface area contributed by atoms with E-state index in [9.17, 15) is 14.4 Å². The fourth-order valence-electron chi connectivity index (χ4n) is 3.06. The lowest BCUT2D eigenvalue weighted by Crippen LogP contribution is -2.63. The lowest BCUT2D eigenvalue weighted by Gasteiger charge is -2.36. The summed E-state index contributed by atoms with van der Waals surface area (Å²) in [5.41, 5.74) is -0.541. The highest BCUT2D eigenvalue weighted by molar-refractivity contribution is 7.98. The molecule has 1 aliphatic heterocycles. The number of nitrogens with zero attached hydrogens (tertiary/aromatic N) is 1. The van der Waals surface area contributed by atoms with Gasteiger partial charge in [0.25, 0.3) is 5.91 Å². The largest absolute Gasteiger partial charge is 0.335 e. The highest BCUT2D eigenvalue weighted by Crippen LogP contribution is 2.42. The molecule has 2 fully saturated rings. The van der Waals surface area contributed by atoms with Gasteiger partial charge in [-0.3, -0.25) is 14.9 Å². The van der Waals surface area contributed by atoms with Gasteiger partial charge in [-0.05, 0) is 43.4 Å². The number of carbonyl (C=O) groups is 3. The first-order chi connectivity index (χ1) is 10.1. The maximum Gasteiger partial charge on any atom is 0.335 e. The number of urea groups is 1. The van der Waals surface area contributed by atoms with Crippen LogP contribution in [0.3, 0.4) is 0 Å². The van der Waals surface area contributed by atoms with E-state index in [1.807, 2.05) is 18.4 Å². The molecule has 6 heteroatoms. The fraction of sp³-hybridized carbons (Fsp3) is 0.400. The van der Waals surface area contributed by atoms with Gasteiger partial charge in [0.1, 0.15) is 5.41 Å². The Kier molecular flexibility index (Phi) is 3.49. The molecule has 0 unspecified atom stereocenters. The zero-order valence-electron chi connectivity index (χ0n) is 11.7. The van der Waals surface area contributed by atoms with Crippen molar-refractivity contribution < 1.29 is 14.4 Å². The number of rotatable bonds is 2. The number of amides is 4. The zero-order chi connectivity index (χ0) is 15.0. The smallest absolute Gasteiger partial charge is 0.276 e. The summed E-state index contributed by atoms with van der Waals surface area (Å²) in [6.07, 6.45) is 4.67. The molecule has 4 amide bonds.